The maximum atomic E-state index is 12.6. The molecule has 2 aliphatic carbocycles. The largest absolute Gasteiger partial charge is 0.494 e. The third-order valence-electron chi connectivity index (χ3n) is 4.71. The third-order valence-corrected chi connectivity index (χ3v) is 5.66. The molecule has 0 unspecified atom stereocenters. The Morgan fingerprint density at radius 2 is 1.96 bits per heavy atom. The quantitative estimate of drug-likeness (QED) is 0.605. The van der Waals surface area contributed by atoms with E-state index in [1.807, 2.05) is 26.0 Å². The minimum absolute atomic E-state index is 0.0991. The van der Waals surface area contributed by atoms with E-state index in [9.17, 15) is 4.79 Å². The van der Waals surface area contributed by atoms with Gasteiger partial charge in [-0.1, -0.05) is 11.8 Å². The molecule has 0 radical (unpaired) electrons. The molecule has 0 saturated heterocycles. The van der Waals surface area contributed by atoms with Crippen LogP contribution in [0.4, 0.5) is 5.69 Å². The van der Waals surface area contributed by atoms with Gasteiger partial charge in [0.1, 0.15) is 17.3 Å². The van der Waals surface area contributed by atoms with E-state index in [2.05, 4.69) is 20.1 Å². The second kappa shape index (κ2) is 8.43. The van der Waals surface area contributed by atoms with Crippen LogP contribution in [-0.2, 0) is 4.79 Å². The number of carbonyl (C=O) groups excluding carboxylic acids is 1. The predicted octanol–water partition coefficient (Wildman–Crippen LogP) is 4.02. The first kappa shape index (κ1) is 19.1. The summed E-state index contributed by atoms with van der Waals surface area (Å²) in [7, 11) is 0. The van der Waals surface area contributed by atoms with Gasteiger partial charge in [-0.05, 0) is 51.7 Å². The summed E-state index contributed by atoms with van der Waals surface area (Å²) in [6, 6.07) is 5.98. The van der Waals surface area contributed by atoms with E-state index < -0.39 is 0 Å². The molecule has 0 atom stereocenters. The predicted molar refractivity (Wildman–Crippen MR) is 108 cm³/mol. The van der Waals surface area contributed by atoms with Gasteiger partial charge in [-0.3, -0.25) is 4.79 Å². The number of nitrogens with zero attached hydrogens (tertiary/aromatic N) is 3. The lowest BCUT2D eigenvalue weighted by molar-refractivity contribution is -0.113. The Kier molecular flexibility index (Phi) is 5.75. The van der Waals surface area contributed by atoms with Crippen molar-refractivity contribution in [2.24, 2.45) is 0 Å². The number of hydrogen-bond acceptors (Lipinski definition) is 6. The molecule has 1 N–H and O–H groups in total. The molecular formula is C20H26N4O3S. The van der Waals surface area contributed by atoms with Crippen molar-refractivity contribution < 1.29 is 14.3 Å². The molecule has 1 aromatic heterocycles. The molecule has 2 aromatic rings. The Morgan fingerprint density at radius 3 is 2.64 bits per heavy atom. The van der Waals surface area contributed by atoms with E-state index in [0.717, 1.165) is 11.0 Å². The normalized spacial score (nSPS) is 16.1. The highest BCUT2D eigenvalue weighted by molar-refractivity contribution is 7.99. The van der Waals surface area contributed by atoms with Crippen LogP contribution in [0.2, 0.25) is 0 Å². The van der Waals surface area contributed by atoms with Gasteiger partial charge in [0.15, 0.2) is 5.16 Å². The summed E-state index contributed by atoms with van der Waals surface area (Å²) in [4.78, 5) is 12.6. The van der Waals surface area contributed by atoms with Crippen molar-refractivity contribution in [3.63, 3.8) is 0 Å². The van der Waals surface area contributed by atoms with Crippen molar-refractivity contribution in [2.75, 3.05) is 24.3 Å². The minimum Gasteiger partial charge on any atom is -0.494 e. The highest BCUT2D eigenvalue weighted by Gasteiger charge is 2.36. The molecule has 150 valence electrons. The van der Waals surface area contributed by atoms with Crippen LogP contribution in [0.5, 0.6) is 11.5 Å². The summed E-state index contributed by atoms with van der Waals surface area (Å²) < 4.78 is 13.4. The molecule has 2 aliphatic rings. The molecule has 1 heterocycles. The van der Waals surface area contributed by atoms with Crippen molar-refractivity contribution >= 4 is 23.4 Å². The van der Waals surface area contributed by atoms with Crippen LogP contribution in [0.1, 0.15) is 57.3 Å². The number of amides is 1. The zero-order valence-electron chi connectivity index (χ0n) is 16.3. The van der Waals surface area contributed by atoms with Crippen LogP contribution in [0.25, 0.3) is 0 Å². The van der Waals surface area contributed by atoms with E-state index in [1.165, 1.54) is 37.4 Å². The van der Waals surface area contributed by atoms with Crippen molar-refractivity contribution in [2.45, 2.75) is 56.6 Å². The first-order chi connectivity index (χ1) is 13.7. The van der Waals surface area contributed by atoms with Gasteiger partial charge in [0.05, 0.1) is 24.7 Å². The van der Waals surface area contributed by atoms with Crippen molar-refractivity contribution in [1.29, 1.82) is 0 Å². The lowest BCUT2D eigenvalue weighted by Gasteiger charge is -2.13. The van der Waals surface area contributed by atoms with Crippen LogP contribution < -0.4 is 14.8 Å². The molecule has 28 heavy (non-hydrogen) atoms. The van der Waals surface area contributed by atoms with Gasteiger partial charge in [-0.2, -0.15) is 0 Å². The monoisotopic (exact) mass is 402 g/mol. The topological polar surface area (TPSA) is 78.3 Å². The summed E-state index contributed by atoms with van der Waals surface area (Å²) in [5.41, 5.74) is 0.626. The molecule has 4 rings (SSSR count). The van der Waals surface area contributed by atoms with Crippen molar-refractivity contribution in [3.05, 3.63) is 24.0 Å². The molecule has 0 spiro atoms. The Morgan fingerprint density at radius 1 is 1.18 bits per heavy atom. The maximum Gasteiger partial charge on any atom is 0.234 e. The van der Waals surface area contributed by atoms with E-state index in [1.54, 1.807) is 6.07 Å². The zero-order chi connectivity index (χ0) is 19.5. The number of rotatable bonds is 10. The molecule has 7 nitrogen and oxygen atoms in total. The summed E-state index contributed by atoms with van der Waals surface area (Å²) in [5.74, 6) is 3.19. The van der Waals surface area contributed by atoms with Crippen LogP contribution >= 0.6 is 11.8 Å². The maximum absolute atomic E-state index is 12.6. The van der Waals surface area contributed by atoms with Crippen LogP contribution in [-0.4, -0.2) is 39.6 Å². The molecule has 0 aliphatic heterocycles. The van der Waals surface area contributed by atoms with Gasteiger partial charge in [-0.15, -0.1) is 10.2 Å². The molecule has 1 amide bonds. The first-order valence-corrected chi connectivity index (χ1v) is 10.9. The number of benzene rings is 1. The summed E-state index contributed by atoms with van der Waals surface area (Å²) in [6.07, 6.45) is 4.76. The molecular weight excluding hydrogens is 376 g/mol. The summed E-state index contributed by atoms with van der Waals surface area (Å²) in [6.45, 7) is 4.94. The Hall–Kier alpha value is -2.22. The average Bonchev–Trinajstić information content (AvgIpc) is 3.61. The Balaban J connectivity index is 1.41. The number of nitrogens with one attached hydrogen (secondary N) is 1. The summed E-state index contributed by atoms with van der Waals surface area (Å²) >= 11 is 1.45. The van der Waals surface area contributed by atoms with Gasteiger partial charge in [0.25, 0.3) is 0 Å². The fourth-order valence-electron chi connectivity index (χ4n) is 3.14. The second-order valence-electron chi connectivity index (χ2n) is 7.08. The van der Waals surface area contributed by atoms with Crippen molar-refractivity contribution in [3.8, 4) is 11.5 Å². The van der Waals surface area contributed by atoms with Gasteiger partial charge < -0.3 is 19.4 Å². The van der Waals surface area contributed by atoms with Gasteiger partial charge in [-0.25, -0.2) is 0 Å². The number of ether oxygens (including phenoxy) is 2. The van der Waals surface area contributed by atoms with E-state index in [0.29, 0.717) is 42.4 Å². The minimum atomic E-state index is -0.0991. The van der Waals surface area contributed by atoms with Gasteiger partial charge in [0, 0.05) is 18.0 Å². The number of thioether (sulfide) groups is 1. The number of aromatic nitrogens is 3. The van der Waals surface area contributed by atoms with Crippen LogP contribution in [0.3, 0.4) is 0 Å². The van der Waals surface area contributed by atoms with Crippen LogP contribution in [0.15, 0.2) is 23.4 Å². The lowest BCUT2D eigenvalue weighted by atomic mass is 10.2. The SMILES string of the molecule is CCOc1ccc(OCC)c(NC(=O)CSc2nnc(C3CC3)n2C2CC2)c1. The molecule has 8 heteroatoms. The lowest BCUT2D eigenvalue weighted by Crippen LogP contribution is -2.16. The standard InChI is InChI=1S/C20H26N4O3S/c1-3-26-15-9-10-17(27-4-2)16(11-15)21-18(25)12-28-20-23-22-19(13-5-6-13)24(20)14-7-8-14/h9-11,13-14H,3-8,12H2,1-2H3,(H,21,25). The van der Waals surface area contributed by atoms with Crippen LogP contribution in [0, 0.1) is 0 Å². The molecule has 2 saturated carbocycles. The zero-order valence-corrected chi connectivity index (χ0v) is 17.1. The van der Waals surface area contributed by atoms with Gasteiger partial charge >= 0.3 is 0 Å². The number of anilines is 1. The van der Waals surface area contributed by atoms with Gasteiger partial charge in [0.2, 0.25) is 5.91 Å². The van der Waals surface area contributed by atoms with E-state index >= 15 is 0 Å². The highest BCUT2D eigenvalue weighted by Crippen LogP contribution is 2.46. The fraction of sp³-hybridized carbons (Fsp3) is 0.550. The molecule has 2 fully saturated rings. The Labute approximate surface area is 169 Å². The molecule has 0 bridgehead atoms. The third kappa shape index (κ3) is 4.43. The average molecular weight is 403 g/mol. The van der Waals surface area contributed by atoms with Crippen molar-refractivity contribution in [1.82, 2.24) is 14.8 Å². The number of carbonyl (C=O) groups is 1. The highest BCUT2D eigenvalue weighted by atomic mass is 32.2. The van der Waals surface area contributed by atoms with E-state index in [-0.39, 0.29) is 11.7 Å². The fourth-order valence-corrected chi connectivity index (χ4v) is 3.96. The smallest absolute Gasteiger partial charge is 0.234 e. The first-order valence-electron chi connectivity index (χ1n) is 9.96. The second-order valence-corrected chi connectivity index (χ2v) is 8.02. The molecule has 1 aromatic carbocycles. The van der Waals surface area contributed by atoms with E-state index in [4.69, 9.17) is 9.47 Å². The summed E-state index contributed by atoms with van der Waals surface area (Å²) in [5, 5.41) is 12.6. The Bertz CT molecular complexity index is 846. The number of hydrogen-bond donors (Lipinski definition) is 1.